The van der Waals surface area contributed by atoms with E-state index >= 15 is 0 Å². The molecule has 31 heavy (non-hydrogen) atoms. The Morgan fingerprint density at radius 3 is 1.10 bits per heavy atom. The number of halogens is 1. The minimum absolute atomic E-state index is 0. The van der Waals surface area contributed by atoms with E-state index < -0.39 is 0 Å². The normalized spacial score (nSPS) is 9.81. The Kier molecular flexibility index (Phi) is 13.6. The van der Waals surface area contributed by atoms with E-state index in [2.05, 4.69) is 135 Å². The van der Waals surface area contributed by atoms with Crippen LogP contribution in [0.4, 0.5) is 0 Å². The first-order valence-corrected chi connectivity index (χ1v) is 12.4. The molecular weight excluding hydrogens is 480 g/mol. The molecule has 0 aliphatic heterocycles. The third kappa shape index (κ3) is 9.27. The maximum Gasteiger partial charge on any atom is 0 e. The Morgan fingerprint density at radius 2 is 0.806 bits per heavy atom. The molecule has 0 heterocycles. The predicted molar refractivity (Wildman–Crippen MR) is 135 cm³/mol. The van der Waals surface area contributed by atoms with Crippen molar-refractivity contribution in [3.63, 3.8) is 0 Å². The van der Waals surface area contributed by atoms with Gasteiger partial charge in [0.25, 0.3) is 0 Å². The topological polar surface area (TPSA) is 0 Å². The van der Waals surface area contributed by atoms with Crippen LogP contribution in [-0.2, 0) is 16.5 Å². The molecule has 0 N–H and O–H groups in total. The molecule has 0 radical (unpaired) electrons. The van der Waals surface area contributed by atoms with E-state index in [0.717, 1.165) is 8.58 Å². The standard InChI is InChI=1S/C15H17P.C12H11P.ClH.Ni/c1-13(2)16(14-9-5-3-6-10-14)15-11-7-4-8-12-15;1-3-7-11(8-4-1)13-12-9-5-2-6-10-12;;/h3-13H,1-2H3;1-10,13H;1H;/p-1. The summed E-state index contributed by atoms with van der Waals surface area (Å²) in [6.07, 6.45) is 0. The number of hydrogen-bond donors (Lipinski definition) is 0. The zero-order chi connectivity index (χ0) is 20.3. The first kappa shape index (κ1) is 27.6. The van der Waals surface area contributed by atoms with E-state index in [1.54, 1.807) is 0 Å². The number of hydrogen-bond acceptors (Lipinski definition) is 0. The molecule has 0 aromatic heterocycles. The van der Waals surface area contributed by atoms with E-state index in [9.17, 15) is 0 Å². The Morgan fingerprint density at radius 1 is 0.516 bits per heavy atom. The summed E-state index contributed by atoms with van der Waals surface area (Å²) in [5.41, 5.74) is 0.680. The largest absolute Gasteiger partial charge is 1.00 e. The van der Waals surface area contributed by atoms with Gasteiger partial charge in [0.15, 0.2) is 0 Å². The zero-order valence-corrected chi connectivity index (χ0v) is 21.4. The van der Waals surface area contributed by atoms with Crippen LogP contribution in [0.3, 0.4) is 0 Å². The third-order valence-corrected chi connectivity index (χ3v) is 8.41. The molecule has 0 aliphatic carbocycles. The molecule has 164 valence electrons. The van der Waals surface area contributed by atoms with Crippen LogP contribution >= 0.6 is 16.5 Å². The summed E-state index contributed by atoms with van der Waals surface area (Å²) >= 11 is 0. The summed E-state index contributed by atoms with van der Waals surface area (Å²) in [7, 11) is 0.567. The molecule has 4 heteroatoms. The van der Waals surface area contributed by atoms with Gasteiger partial charge < -0.3 is 12.4 Å². The van der Waals surface area contributed by atoms with Crippen molar-refractivity contribution in [3.05, 3.63) is 121 Å². The Balaban J connectivity index is 0.000000296. The molecular formula is C27H28ClNiP2-. The average molecular weight is 509 g/mol. The van der Waals surface area contributed by atoms with Gasteiger partial charge in [0.05, 0.1) is 0 Å². The van der Waals surface area contributed by atoms with Crippen LogP contribution < -0.4 is 33.6 Å². The maximum atomic E-state index is 2.31. The van der Waals surface area contributed by atoms with Crippen LogP contribution in [0.15, 0.2) is 121 Å². The first-order valence-electron chi connectivity index (χ1n) is 10.0. The Hall–Kier alpha value is -1.48. The van der Waals surface area contributed by atoms with Gasteiger partial charge in [0.1, 0.15) is 0 Å². The van der Waals surface area contributed by atoms with Crippen LogP contribution in [0.2, 0.25) is 0 Å². The van der Waals surface area contributed by atoms with Crippen LogP contribution in [-0.4, -0.2) is 5.66 Å². The monoisotopic (exact) mass is 507 g/mol. The van der Waals surface area contributed by atoms with E-state index in [-0.39, 0.29) is 36.8 Å². The Labute approximate surface area is 206 Å². The molecule has 4 rings (SSSR count). The molecule has 0 spiro atoms. The second-order valence-electron chi connectivity index (χ2n) is 6.99. The molecule has 0 aliphatic rings. The van der Waals surface area contributed by atoms with E-state index in [1.807, 2.05) is 0 Å². The fourth-order valence-corrected chi connectivity index (χ4v) is 6.66. The molecule has 0 nitrogen and oxygen atoms in total. The maximum absolute atomic E-state index is 2.31. The molecule has 4 aromatic rings. The quantitative estimate of drug-likeness (QED) is 0.287. The molecule has 0 amide bonds. The van der Waals surface area contributed by atoms with E-state index in [0.29, 0.717) is 5.66 Å². The number of rotatable bonds is 5. The Bertz CT molecular complexity index is 872. The van der Waals surface area contributed by atoms with Gasteiger partial charge in [0.2, 0.25) is 0 Å². The minimum atomic E-state index is -0.210. The minimum Gasteiger partial charge on any atom is -1.00 e. The predicted octanol–water partition coefficient (Wildman–Crippen LogP) is 2.85. The van der Waals surface area contributed by atoms with Crippen molar-refractivity contribution < 1.29 is 28.9 Å². The van der Waals surface area contributed by atoms with Crippen LogP contribution in [0.25, 0.3) is 0 Å². The summed E-state index contributed by atoms with van der Waals surface area (Å²) < 4.78 is 0. The second-order valence-corrected chi connectivity index (χ2v) is 11.2. The van der Waals surface area contributed by atoms with Gasteiger partial charge in [-0.3, -0.25) is 0 Å². The summed E-state index contributed by atoms with van der Waals surface area (Å²) in [4.78, 5) is 0. The van der Waals surface area contributed by atoms with Crippen molar-refractivity contribution in [2.45, 2.75) is 19.5 Å². The SMILES string of the molecule is CC(C)P(c1ccccc1)c1ccccc1.[Cl-].[Ni].c1ccc(Pc2ccccc2)cc1. The molecule has 0 atom stereocenters. The number of benzene rings is 4. The van der Waals surface area contributed by atoms with Crippen molar-refractivity contribution in [1.29, 1.82) is 0 Å². The van der Waals surface area contributed by atoms with Crippen LogP contribution in [0.1, 0.15) is 13.8 Å². The summed E-state index contributed by atoms with van der Waals surface area (Å²) in [5, 5.41) is 5.74. The van der Waals surface area contributed by atoms with Gasteiger partial charge in [0, 0.05) is 16.5 Å². The van der Waals surface area contributed by atoms with Gasteiger partial charge in [-0.15, -0.1) is 0 Å². The average Bonchev–Trinajstić information content (AvgIpc) is 2.77. The van der Waals surface area contributed by atoms with Crippen molar-refractivity contribution in [2.24, 2.45) is 0 Å². The zero-order valence-electron chi connectivity index (χ0n) is 17.8. The smallest absolute Gasteiger partial charge is 0 e. The molecule has 0 unspecified atom stereocenters. The van der Waals surface area contributed by atoms with Gasteiger partial charge >= 0.3 is 0 Å². The molecule has 0 bridgehead atoms. The van der Waals surface area contributed by atoms with Crippen LogP contribution in [0, 0.1) is 0 Å². The van der Waals surface area contributed by atoms with Crippen molar-refractivity contribution in [2.75, 3.05) is 0 Å². The van der Waals surface area contributed by atoms with Crippen molar-refractivity contribution >= 4 is 37.7 Å². The first-order chi connectivity index (χ1) is 14.2. The molecule has 0 saturated heterocycles. The molecule has 0 saturated carbocycles. The summed E-state index contributed by atoms with van der Waals surface area (Å²) in [6.45, 7) is 4.62. The molecule has 0 fully saturated rings. The fraction of sp³-hybridized carbons (Fsp3) is 0.111. The molecule has 4 aromatic carbocycles. The van der Waals surface area contributed by atoms with Crippen molar-refractivity contribution in [3.8, 4) is 0 Å². The summed E-state index contributed by atoms with van der Waals surface area (Å²) in [5.74, 6) is 0. The summed E-state index contributed by atoms with van der Waals surface area (Å²) in [6, 6.07) is 42.9. The van der Waals surface area contributed by atoms with Crippen molar-refractivity contribution in [1.82, 2.24) is 0 Å². The van der Waals surface area contributed by atoms with Gasteiger partial charge in [-0.2, -0.15) is 0 Å². The van der Waals surface area contributed by atoms with E-state index in [1.165, 1.54) is 21.2 Å². The second kappa shape index (κ2) is 15.3. The van der Waals surface area contributed by atoms with Gasteiger partial charge in [-0.05, 0) is 34.8 Å². The van der Waals surface area contributed by atoms with Crippen LogP contribution in [0.5, 0.6) is 0 Å². The van der Waals surface area contributed by atoms with Gasteiger partial charge in [-0.25, -0.2) is 0 Å². The third-order valence-electron chi connectivity index (χ3n) is 4.42. The fourth-order valence-electron chi connectivity index (χ4n) is 3.13. The van der Waals surface area contributed by atoms with E-state index in [4.69, 9.17) is 0 Å². The van der Waals surface area contributed by atoms with Gasteiger partial charge in [-0.1, -0.05) is 144 Å².